The van der Waals surface area contributed by atoms with E-state index in [-0.39, 0.29) is 11.7 Å². The first-order chi connectivity index (χ1) is 12.8. The number of aryl methyl sites for hydroxylation is 1. The summed E-state index contributed by atoms with van der Waals surface area (Å²) in [5.74, 6) is -0.991. The molecule has 140 valence electrons. The summed E-state index contributed by atoms with van der Waals surface area (Å²) in [4.78, 5) is 12.4. The number of alkyl halides is 3. The molecular formula is C17H14F3N5O2. The zero-order valence-corrected chi connectivity index (χ0v) is 14.3. The zero-order chi connectivity index (χ0) is 19.6. The van der Waals surface area contributed by atoms with Gasteiger partial charge in [-0.3, -0.25) is 4.79 Å². The number of hydrogen-bond acceptors (Lipinski definition) is 5. The molecule has 2 aromatic heterocycles. The fourth-order valence-corrected chi connectivity index (χ4v) is 2.42. The van der Waals surface area contributed by atoms with Gasteiger partial charge >= 0.3 is 6.18 Å². The van der Waals surface area contributed by atoms with E-state index in [9.17, 15) is 18.0 Å². The molecule has 0 aliphatic rings. The van der Waals surface area contributed by atoms with Gasteiger partial charge in [-0.2, -0.15) is 18.3 Å². The molecule has 0 aliphatic carbocycles. The van der Waals surface area contributed by atoms with Gasteiger partial charge in [0.15, 0.2) is 11.5 Å². The molecule has 0 saturated carbocycles. The Labute approximate surface area is 151 Å². The van der Waals surface area contributed by atoms with Crippen LogP contribution >= 0.6 is 0 Å². The highest BCUT2D eigenvalue weighted by atomic mass is 19.4. The van der Waals surface area contributed by atoms with Crippen LogP contribution in [0.3, 0.4) is 0 Å². The maximum atomic E-state index is 13.6. The molecule has 1 aromatic carbocycles. The van der Waals surface area contributed by atoms with Crippen LogP contribution in [0.25, 0.3) is 5.82 Å². The van der Waals surface area contributed by atoms with Gasteiger partial charge in [0.25, 0.3) is 5.91 Å². The van der Waals surface area contributed by atoms with E-state index in [0.717, 1.165) is 11.8 Å². The van der Waals surface area contributed by atoms with Gasteiger partial charge in [-0.05, 0) is 30.7 Å². The van der Waals surface area contributed by atoms with Gasteiger partial charge in [0.1, 0.15) is 0 Å². The van der Waals surface area contributed by atoms with Crippen molar-refractivity contribution in [3.05, 3.63) is 59.4 Å². The van der Waals surface area contributed by atoms with Crippen LogP contribution in [-0.2, 0) is 6.18 Å². The second kappa shape index (κ2) is 7.06. The third-order valence-electron chi connectivity index (χ3n) is 3.61. The minimum absolute atomic E-state index is 0.136. The number of carbonyl (C=O) groups is 1. The number of nitrogens with one attached hydrogen (secondary N) is 1. The fourth-order valence-electron chi connectivity index (χ4n) is 2.42. The number of methoxy groups -OCH3 is 1. The van der Waals surface area contributed by atoms with Crippen molar-refractivity contribution in [2.45, 2.75) is 13.1 Å². The quantitative estimate of drug-likeness (QED) is 0.755. The van der Waals surface area contributed by atoms with Crippen molar-refractivity contribution in [2.75, 3.05) is 12.4 Å². The lowest BCUT2D eigenvalue weighted by Crippen LogP contribution is -2.21. The number of ether oxygens (including phenoxy) is 1. The van der Waals surface area contributed by atoms with Gasteiger partial charge in [0.2, 0.25) is 5.88 Å². The Morgan fingerprint density at radius 2 is 1.96 bits per heavy atom. The van der Waals surface area contributed by atoms with E-state index in [2.05, 4.69) is 20.6 Å². The van der Waals surface area contributed by atoms with Gasteiger partial charge in [-0.1, -0.05) is 12.1 Å². The maximum absolute atomic E-state index is 13.6. The molecule has 1 amide bonds. The molecular weight excluding hydrogens is 363 g/mol. The Balaban J connectivity index is 2.00. The van der Waals surface area contributed by atoms with Gasteiger partial charge in [0, 0.05) is 11.8 Å². The van der Waals surface area contributed by atoms with E-state index in [1.165, 1.54) is 19.2 Å². The van der Waals surface area contributed by atoms with Crippen LogP contribution in [0.5, 0.6) is 5.88 Å². The number of nitrogens with zero attached hydrogens (tertiary/aromatic N) is 4. The summed E-state index contributed by atoms with van der Waals surface area (Å²) in [6.07, 6.45) is -3.99. The Hall–Kier alpha value is -3.43. The number of halogens is 3. The van der Waals surface area contributed by atoms with E-state index in [0.29, 0.717) is 10.4 Å². The maximum Gasteiger partial charge on any atom is 0.434 e. The smallest absolute Gasteiger partial charge is 0.434 e. The first-order valence-corrected chi connectivity index (χ1v) is 7.71. The normalized spacial score (nSPS) is 11.3. The number of aromatic nitrogens is 4. The molecule has 27 heavy (non-hydrogen) atoms. The van der Waals surface area contributed by atoms with Crippen LogP contribution in [0.1, 0.15) is 21.6 Å². The second-order valence-electron chi connectivity index (χ2n) is 5.57. The van der Waals surface area contributed by atoms with Crippen LogP contribution in [0, 0.1) is 6.92 Å². The topological polar surface area (TPSA) is 81.9 Å². The molecule has 3 rings (SSSR count). The number of anilines is 1. The van der Waals surface area contributed by atoms with Crippen molar-refractivity contribution in [1.82, 2.24) is 20.0 Å². The molecule has 0 atom stereocenters. The minimum Gasteiger partial charge on any atom is -0.480 e. The average molecular weight is 377 g/mol. The molecule has 0 aliphatic heterocycles. The van der Waals surface area contributed by atoms with E-state index < -0.39 is 23.3 Å². The van der Waals surface area contributed by atoms with Gasteiger partial charge < -0.3 is 10.1 Å². The molecule has 0 spiro atoms. The highest BCUT2D eigenvalue weighted by molar-refractivity contribution is 6.05. The van der Waals surface area contributed by atoms with E-state index in [4.69, 9.17) is 4.74 Å². The summed E-state index contributed by atoms with van der Waals surface area (Å²) in [6, 6.07) is 9.32. The summed E-state index contributed by atoms with van der Waals surface area (Å²) in [5, 5.41) is 13.4. The van der Waals surface area contributed by atoms with Crippen molar-refractivity contribution < 1.29 is 22.7 Å². The molecule has 0 saturated heterocycles. The summed E-state index contributed by atoms with van der Waals surface area (Å²) in [5.41, 5.74) is -0.632. The molecule has 2 heterocycles. The molecule has 0 unspecified atom stereocenters. The summed E-state index contributed by atoms with van der Waals surface area (Å²) >= 11 is 0. The van der Waals surface area contributed by atoms with Gasteiger partial charge in [0.05, 0.1) is 18.9 Å². The zero-order valence-electron chi connectivity index (χ0n) is 14.3. The monoisotopic (exact) mass is 377 g/mol. The van der Waals surface area contributed by atoms with Crippen LogP contribution in [0.4, 0.5) is 18.9 Å². The summed E-state index contributed by atoms with van der Waals surface area (Å²) in [6.45, 7) is 1.80. The van der Waals surface area contributed by atoms with Crippen LogP contribution in [0.2, 0.25) is 0 Å². The second-order valence-corrected chi connectivity index (χ2v) is 5.57. The highest BCUT2D eigenvalue weighted by Crippen LogP contribution is 2.33. The summed E-state index contributed by atoms with van der Waals surface area (Å²) in [7, 11) is 1.35. The van der Waals surface area contributed by atoms with Gasteiger partial charge in [-0.25, -0.2) is 4.68 Å². The van der Waals surface area contributed by atoms with Crippen molar-refractivity contribution in [2.24, 2.45) is 0 Å². The van der Waals surface area contributed by atoms with Crippen LogP contribution in [-0.4, -0.2) is 33.0 Å². The number of amides is 1. The van der Waals surface area contributed by atoms with Crippen molar-refractivity contribution in [1.29, 1.82) is 0 Å². The SMILES string of the molecule is COc1ccc(-n2ncc(C(=O)Nc3cccc(C)c3)c2C(F)(F)F)nn1. The molecule has 0 bridgehead atoms. The predicted octanol–water partition coefficient (Wildman–Crippen LogP) is 3.25. The molecule has 3 aromatic rings. The highest BCUT2D eigenvalue weighted by Gasteiger charge is 2.41. The predicted molar refractivity (Wildman–Crippen MR) is 89.8 cm³/mol. The Morgan fingerprint density at radius 1 is 1.19 bits per heavy atom. The van der Waals surface area contributed by atoms with Crippen molar-refractivity contribution in [3.8, 4) is 11.7 Å². The molecule has 0 radical (unpaired) electrons. The number of benzene rings is 1. The lowest BCUT2D eigenvalue weighted by atomic mass is 10.2. The molecule has 7 nitrogen and oxygen atoms in total. The van der Waals surface area contributed by atoms with E-state index in [1.807, 2.05) is 0 Å². The van der Waals surface area contributed by atoms with E-state index >= 15 is 0 Å². The molecule has 1 N–H and O–H groups in total. The standard InChI is InChI=1S/C17H14F3N5O2/c1-10-4-3-5-11(8-10)22-16(26)12-9-21-25(15(12)17(18,19)20)13-6-7-14(27-2)24-23-13/h3-9H,1-2H3,(H,22,26). The first kappa shape index (κ1) is 18.4. The third kappa shape index (κ3) is 3.89. The number of carbonyl (C=O) groups excluding carboxylic acids is 1. The number of hydrogen-bond donors (Lipinski definition) is 1. The van der Waals surface area contributed by atoms with Crippen LogP contribution < -0.4 is 10.1 Å². The van der Waals surface area contributed by atoms with Crippen LogP contribution in [0.15, 0.2) is 42.6 Å². The minimum atomic E-state index is -4.84. The fraction of sp³-hybridized carbons (Fsp3) is 0.176. The summed E-state index contributed by atoms with van der Waals surface area (Å²) < 4.78 is 46.2. The Morgan fingerprint density at radius 3 is 2.56 bits per heavy atom. The Bertz CT molecular complexity index is 967. The average Bonchev–Trinajstić information content (AvgIpc) is 3.07. The van der Waals surface area contributed by atoms with Crippen molar-refractivity contribution in [3.63, 3.8) is 0 Å². The van der Waals surface area contributed by atoms with E-state index in [1.54, 1.807) is 31.2 Å². The molecule has 0 fully saturated rings. The first-order valence-electron chi connectivity index (χ1n) is 7.71. The Kier molecular flexibility index (Phi) is 4.80. The van der Waals surface area contributed by atoms with Crippen molar-refractivity contribution >= 4 is 11.6 Å². The third-order valence-corrected chi connectivity index (χ3v) is 3.61. The molecule has 10 heteroatoms. The van der Waals surface area contributed by atoms with Gasteiger partial charge in [-0.15, -0.1) is 10.2 Å². The number of rotatable bonds is 4. The lowest BCUT2D eigenvalue weighted by Gasteiger charge is -2.12. The lowest BCUT2D eigenvalue weighted by molar-refractivity contribution is -0.143. The largest absolute Gasteiger partial charge is 0.480 e.